The summed E-state index contributed by atoms with van der Waals surface area (Å²) in [6.45, 7) is 0.326. The van der Waals surface area contributed by atoms with Gasteiger partial charge in [0, 0.05) is 6.61 Å². The number of hydrogen-bond acceptors (Lipinski definition) is 1. The third-order valence-corrected chi connectivity index (χ3v) is 3.07. The smallest absolute Gasteiger partial charge is 0.0431 e. The predicted molar refractivity (Wildman–Crippen MR) is 63.6 cm³/mol. The number of fused-ring (bicyclic) bond motifs is 1. The van der Waals surface area contributed by atoms with E-state index >= 15 is 0 Å². The van der Waals surface area contributed by atoms with Crippen LogP contribution in [0.15, 0.2) is 30.3 Å². The van der Waals surface area contributed by atoms with Crippen LogP contribution >= 0.6 is 0 Å². The van der Waals surface area contributed by atoms with E-state index in [-0.39, 0.29) is 0 Å². The molecule has 1 atom stereocenters. The molecule has 0 fully saturated rings. The van der Waals surface area contributed by atoms with Crippen LogP contribution in [0.3, 0.4) is 0 Å². The molecule has 1 aliphatic carbocycles. The Hall–Kier alpha value is -1.08. The van der Waals surface area contributed by atoms with Crippen LogP contribution in [0.1, 0.15) is 30.4 Å². The molecule has 1 aromatic carbocycles. The molecular formula is C14H18O. The van der Waals surface area contributed by atoms with Gasteiger partial charge >= 0.3 is 0 Å². The summed E-state index contributed by atoms with van der Waals surface area (Å²) in [5.41, 5.74) is 2.84. The summed E-state index contributed by atoms with van der Waals surface area (Å²) >= 11 is 0. The van der Waals surface area contributed by atoms with Crippen molar-refractivity contribution in [1.29, 1.82) is 0 Å². The van der Waals surface area contributed by atoms with Crippen molar-refractivity contribution in [3.63, 3.8) is 0 Å². The second-order valence-electron chi connectivity index (χ2n) is 4.24. The fourth-order valence-electron chi connectivity index (χ4n) is 2.19. The van der Waals surface area contributed by atoms with Gasteiger partial charge in [-0.05, 0) is 36.3 Å². The Kier molecular flexibility index (Phi) is 3.57. The zero-order valence-electron chi connectivity index (χ0n) is 9.02. The van der Waals surface area contributed by atoms with Gasteiger partial charge in [-0.15, -0.1) is 0 Å². The molecule has 0 bridgehead atoms. The number of benzene rings is 1. The van der Waals surface area contributed by atoms with E-state index < -0.39 is 0 Å². The van der Waals surface area contributed by atoms with E-state index in [0.29, 0.717) is 12.5 Å². The Bertz CT molecular complexity index is 341. The van der Waals surface area contributed by atoms with Gasteiger partial charge in [-0.2, -0.15) is 0 Å². The van der Waals surface area contributed by atoms with Crippen molar-refractivity contribution in [3.05, 3.63) is 41.5 Å². The fraction of sp³-hybridized carbons (Fsp3) is 0.429. The maximum atomic E-state index is 8.74. The number of hydrogen-bond donors (Lipinski definition) is 1. The molecule has 1 heteroatoms. The number of aliphatic hydroxyl groups excluding tert-OH is 1. The molecule has 0 saturated heterocycles. The molecule has 1 unspecified atom stereocenters. The largest absolute Gasteiger partial charge is 0.396 e. The van der Waals surface area contributed by atoms with E-state index in [1.807, 2.05) is 0 Å². The molecule has 0 radical (unpaired) electrons. The van der Waals surface area contributed by atoms with Crippen molar-refractivity contribution in [2.75, 3.05) is 6.61 Å². The number of rotatable bonds is 4. The minimum absolute atomic E-state index is 0.326. The van der Waals surface area contributed by atoms with Crippen LogP contribution in [0.4, 0.5) is 0 Å². The maximum Gasteiger partial charge on any atom is 0.0431 e. The molecular weight excluding hydrogens is 184 g/mol. The quantitative estimate of drug-likeness (QED) is 0.744. The van der Waals surface area contributed by atoms with E-state index in [9.17, 15) is 0 Å². The highest BCUT2D eigenvalue weighted by molar-refractivity contribution is 5.56. The average Bonchev–Trinajstić information content (AvgIpc) is 2.29. The van der Waals surface area contributed by atoms with Crippen LogP contribution in [-0.2, 0) is 6.42 Å². The molecule has 0 aliphatic heterocycles. The molecule has 0 saturated carbocycles. The minimum Gasteiger partial charge on any atom is -0.396 e. The van der Waals surface area contributed by atoms with Crippen LogP contribution in [0.2, 0.25) is 0 Å². The molecule has 0 aromatic heterocycles. The van der Waals surface area contributed by atoms with E-state index in [1.54, 1.807) is 0 Å². The number of unbranched alkanes of at least 4 members (excludes halogenated alkanes) is 1. The Labute approximate surface area is 91.4 Å². The topological polar surface area (TPSA) is 20.2 Å². The molecule has 0 spiro atoms. The van der Waals surface area contributed by atoms with Crippen molar-refractivity contribution < 1.29 is 5.11 Å². The lowest BCUT2D eigenvalue weighted by Gasteiger charge is -2.18. The monoisotopic (exact) mass is 202 g/mol. The third-order valence-electron chi connectivity index (χ3n) is 3.07. The van der Waals surface area contributed by atoms with Gasteiger partial charge in [-0.25, -0.2) is 0 Å². The van der Waals surface area contributed by atoms with Crippen molar-refractivity contribution in [2.45, 2.75) is 25.7 Å². The van der Waals surface area contributed by atoms with Gasteiger partial charge in [0.1, 0.15) is 0 Å². The Morgan fingerprint density at radius 2 is 2.07 bits per heavy atom. The number of aliphatic hydroxyl groups is 1. The molecule has 1 nitrogen and oxygen atoms in total. The summed E-state index contributed by atoms with van der Waals surface area (Å²) in [4.78, 5) is 0. The fourth-order valence-corrected chi connectivity index (χ4v) is 2.19. The highest BCUT2D eigenvalue weighted by atomic mass is 16.2. The van der Waals surface area contributed by atoms with Gasteiger partial charge in [-0.3, -0.25) is 0 Å². The molecule has 1 aromatic rings. The van der Waals surface area contributed by atoms with Gasteiger partial charge in [-0.1, -0.05) is 42.8 Å². The third kappa shape index (κ3) is 2.69. The highest BCUT2D eigenvalue weighted by Crippen LogP contribution is 2.25. The zero-order valence-corrected chi connectivity index (χ0v) is 9.02. The molecule has 15 heavy (non-hydrogen) atoms. The maximum absolute atomic E-state index is 8.74. The van der Waals surface area contributed by atoms with Crippen LogP contribution in [0.5, 0.6) is 0 Å². The Balaban J connectivity index is 1.94. The van der Waals surface area contributed by atoms with Gasteiger partial charge in [0.15, 0.2) is 0 Å². The van der Waals surface area contributed by atoms with Crippen LogP contribution in [0, 0.1) is 5.92 Å². The summed E-state index contributed by atoms with van der Waals surface area (Å²) in [5.74, 6) is 0.673. The summed E-state index contributed by atoms with van der Waals surface area (Å²) in [6.07, 6.45) is 8.99. The highest BCUT2D eigenvalue weighted by Gasteiger charge is 2.12. The van der Waals surface area contributed by atoms with Gasteiger partial charge < -0.3 is 5.11 Å². The standard InChI is InChI=1S/C14H18O/c15-10-4-3-5-12-8-9-13-6-1-2-7-14(13)11-12/h1-2,6-9,12,15H,3-5,10-11H2. The van der Waals surface area contributed by atoms with E-state index in [4.69, 9.17) is 5.11 Å². The number of allylic oxidation sites excluding steroid dienone is 1. The summed E-state index contributed by atoms with van der Waals surface area (Å²) < 4.78 is 0. The van der Waals surface area contributed by atoms with Crippen molar-refractivity contribution in [2.24, 2.45) is 5.92 Å². The molecule has 1 aliphatic rings. The lowest BCUT2D eigenvalue weighted by Crippen LogP contribution is -2.07. The van der Waals surface area contributed by atoms with Gasteiger partial charge in [0.25, 0.3) is 0 Å². The molecule has 1 N–H and O–H groups in total. The van der Waals surface area contributed by atoms with Crippen LogP contribution in [0.25, 0.3) is 6.08 Å². The van der Waals surface area contributed by atoms with E-state index in [2.05, 4.69) is 36.4 Å². The van der Waals surface area contributed by atoms with E-state index in [1.165, 1.54) is 17.5 Å². The van der Waals surface area contributed by atoms with Crippen molar-refractivity contribution >= 4 is 6.08 Å². The lowest BCUT2D eigenvalue weighted by molar-refractivity contribution is 0.280. The van der Waals surface area contributed by atoms with Crippen LogP contribution < -0.4 is 0 Å². The minimum atomic E-state index is 0.326. The average molecular weight is 202 g/mol. The predicted octanol–water partition coefficient (Wildman–Crippen LogP) is 3.03. The van der Waals surface area contributed by atoms with Gasteiger partial charge in [0.2, 0.25) is 0 Å². The first-order valence-electron chi connectivity index (χ1n) is 5.77. The first kappa shape index (κ1) is 10.4. The lowest BCUT2D eigenvalue weighted by atomic mass is 9.87. The Morgan fingerprint density at radius 1 is 1.20 bits per heavy atom. The molecule has 2 rings (SSSR count). The Morgan fingerprint density at radius 3 is 2.93 bits per heavy atom. The molecule has 0 amide bonds. The molecule has 0 heterocycles. The molecule has 80 valence electrons. The van der Waals surface area contributed by atoms with Crippen molar-refractivity contribution in [3.8, 4) is 0 Å². The van der Waals surface area contributed by atoms with Crippen LogP contribution in [-0.4, -0.2) is 11.7 Å². The first-order valence-corrected chi connectivity index (χ1v) is 5.77. The summed E-state index contributed by atoms with van der Waals surface area (Å²) in [5, 5.41) is 8.74. The van der Waals surface area contributed by atoms with Gasteiger partial charge in [0.05, 0.1) is 0 Å². The van der Waals surface area contributed by atoms with Crippen molar-refractivity contribution in [1.82, 2.24) is 0 Å². The second kappa shape index (κ2) is 5.13. The van der Waals surface area contributed by atoms with E-state index in [0.717, 1.165) is 19.3 Å². The SMILES string of the molecule is OCCCCC1C=Cc2ccccc2C1. The second-order valence-corrected chi connectivity index (χ2v) is 4.24. The normalized spacial score (nSPS) is 18.9. The zero-order chi connectivity index (χ0) is 10.5. The summed E-state index contributed by atoms with van der Waals surface area (Å²) in [6, 6.07) is 8.60. The summed E-state index contributed by atoms with van der Waals surface area (Å²) in [7, 11) is 0. The first-order chi connectivity index (χ1) is 7.40.